The molecule has 0 bridgehead atoms. The van der Waals surface area contributed by atoms with Crippen LogP contribution in [0.25, 0.3) is 20.7 Å². The van der Waals surface area contributed by atoms with Gasteiger partial charge in [-0.25, -0.2) is 9.97 Å². The lowest BCUT2D eigenvalue weighted by molar-refractivity contribution is 0.0964. The Morgan fingerprint density at radius 2 is 2.03 bits per heavy atom. The number of thiophene rings is 1. The molecule has 186 valence electrons. The maximum atomic E-state index is 12.2. The summed E-state index contributed by atoms with van der Waals surface area (Å²) in [6.45, 7) is 5.40. The van der Waals surface area contributed by atoms with Crippen LogP contribution < -0.4 is 16.0 Å². The standard InChI is InChI=1S/C24H30ClN5OS.2ClH/c1-3-24(9-12-27-13-10-24)8-5-11-28-23-29-15-18(25)21(30-23)20-14-17-16(22(31)26-2)6-4-7-19(17)32-20;;/h4,6-7,14-15,27H,3,5,8-13H2,1-2H3,(H,26,31)(H,28,29,30);2*1H. The quantitative estimate of drug-likeness (QED) is 0.295. The first-order chi connectivity index (χ1) is 15.5. The van der Waals surface area contributed by atoms with Gasteiger partial charge in [0.05, 0.1) is 16.1 Å². The van der Waals surface area contributed by atoms with E-state index in [-0.39, 0.29) is 30.7 Å². The largest absolute Gasteiger partial charge is 0.355 e. The average Bonchev–Trinajstić information content (AvgIpc) is 3.27. The van der Waals surface area contributed by atoms with Crippen LogP contribution in [0.3, 0.4) is 0 Å². The van der Waals surface area contributed by atoms with Crippen LogP contribution in [0.15, 0.2) is 30.5 Å². The minimum atomic E-state index is -0.102. The number of carbonyl (C=O) groups excluding carboxylic acids is 1. The van der Waals surface area contributed by atoms with Gasteiger partial charge in [0.25, 0.3) is 5.91 Å². The average molecular weight is 545 g/mol. The zero-order chi connectivity index (χ0) is 22.6. The van der Waals surface area contributed by atoms with Gasteiger partial charge >= 0.3 is 0 Å². The number of hydrogen-bond acceptors (Lipinski definition) is 6. The van der Waals surface area contributed by atoms with E-state index in [0.717, 1.165) is 41.0 Å². The zero-order valence-electron chi connectivity index (χ0n) is 19.4. The molecule has 0 radical (unpaired) electrons. The van der Waals surface area contributed by atoms with E-state index in [9.17, 15) is 4.79 Å². The molecule has 0 aliphatic carbocycles. The van der Waals surface area contributed by atoms with Crippen molar-refractivity contribution < 1.29 is 4.79 Å². The molecule has 1 aliphatic heterocycles. The number of rotatable bonds is 8. The molecule has 34 heavy (non-hydrogen) atoms. The molecule has 1 aliphatic rings. The normalized spacial score (nSPS) is 14.7. The third-order valence-electron chi connectivity index (χ3n) is 6.59. The van der Waals surface area contributed by atoms with Crippen molar-refractivity contribution in [3.8, 4) is 10.6 Å². The minimum absolute atomic E-state index is 0. The van der Waals surface area contributed by atoms with Crippen LogP contribution >= 0.6 is 47.8 Å². The number of benzene rings is 1. The molecule has 0 saturated carbocycles. The summed E-state index contributed by atoms with van der Waals surface area (Å²) in [5, 5.41) is 11.0. The summed E-state index contributed by atoms with van der Waals surface area (Å²) < 4.78 is 1.03. The Hall–Kier alpha value is -1.64. The summed E-state index contributed by atoms with van der Waals surface area (Å²) >= 11 is 8.03. The Balaban J connectivity index is 0.00000204. The number of hydrogen-bond donors (Lipinski definition) is 3. The van der Waals surface area contributed by atoms with Gasteiger partial charge in [-0.1, -0.05) is 31.0 Å². The van der Waals surface area contributed by atoms with Crippen LogP contribution in [-0.4, -0.2) is 42.6 Å². The van der Waals surface area contributed by atoms with E-state index >= 15 is 0 Å². The van der Waals surface area contributed by atoms with E-state index < -0.39 is 0 Å². The number of aromatic nitrogens is 2. The SMILES string of the molecule is CCC1(CCCNc2ncc(Cl)c(-c3cc4c(C(=O)NC)cccc4s3)n2)CCNCC1.Cl.Cl. The highest BCUT2D eigenvalue weighted by Gasteiger charge is 2.29. The number of carbonyl (C=O) groups is 1. The number of nitrogens with one attached hydrogen (secondary N) is 3. The second kappa shape index (κ2) is 12.9. The third-order valence-corrected chi connectivity index (χ3v) is 7.98. The summed E-state index contributed by atoms with van der Waals surface area (Å²) in [6.07, 6.45) is 7.71. The maximum absolute atomic E-state index is 12.2. The van der Waals surface area contributed by atoms with Crippen LogP contribution in [0.4, 0.5) is 5.95 Å². The van der Waals surface area contributed by atoms with Crippen LogP contribution in [0.5, 0.6) is 0 Å². The van der Waals surface area contributed by atoms with Crippen LogP contribution in [0, 0.1) is 5.41 Å². The van der Waals surface area contributed by atoms with Crippen molar-refractivity contribution in [1.29, 1.82) is 0 Å². The van der Waals surface area contributed by atoms with Gasteiger partial charge < -0.3 is 16.0 Å². The minimum Gasteiger partial charge on any atom is -0.355 e. The zero-order valence-corrected chi connectivity index (χ0v) is 22.7. The molecular formula is C24H32Cl3N5OS. The van der Waals surface area contributed by atoms with Gasteiger partial charge in [-0.05, 0) is 62.4 Å². The van der Waals surface area contributed by atoms with Gasteiger partial charge in [0, 0.05) is 29.2 Å². The highest BCUT2D eigenvalue weighted by molar-refractivity contribution is 7.22. The van der Waals surface area contributed by atoms with E-state index in [2.05, 4.69) is 27.9 Å². The molecule has 2 aromatic heterocycles. The molecule has 1 fully saturated rings. The molecule has 1 saturated heterocycles. The van der Waals surface area contributed by atoms with Crippen molar-refractivity contribution in [2.75, 3.05) is 32.0 Å². The predicted octanol–water partition coefficient (Wildman–Crippen LogP) is 6.19. The summed E-state index contributed by atoms with van der Waals surface area (Å²) in [5.74, 6) is 0.485. The summed E-state index contributed by atoms with van der Waals surface area (Å²) in [5.41, 5.74) is 1.81. The Morgan fingerprint density at radius 1 is 1.26 bits per heavy atom. The van der Waals surface area contributed by atoms with E-state index in [1.165, 1.54) is 25.7 Å². The van der Waals surface area contributed by atoms with Crippen molar-refractivity contribution in [3.05, 3.63) is 41.0 Å². The lowest BCUT2D eigenvalue weighted by Crippen LogP contribution is -2.36. The first-order valence-corrected chi connectivity index (χ1v) is 12.5. The van der Waals surface area contributed by atoms with Gasteiger partial charge in [0.2, 0.25) is 5.95 Å². The van der Waals surface area contributed by atoms with E-state index in [4.69, 9.17) is 16.6 Å². The molecule has 0 spiro atoms. The second-order valence-corrected chi connectivity index (χ2v) is 9.92. The third kappa shape index (κ3) is 6.32. The Morgan fingerprint density at radius 3 is 2.74 bits per heavy atom. The first-order valence-electron chi connectivity index (χ1n) is 11.3. The fourth-order valence-corrected chi connectivity index (χ4v) is 5.88. The maximum Gasteiger partial charge on any atom is 0.251 e. The molecule has 0 atom stereocenters. The van der Waals surface area contributed by atoms with E-state index in [0.29, 0.717) is 27.6 Å². The number of fused-ring (bicyclic) bond motifs is 1. The molecule has 1 aromatic carbocycles. The molecule has 3 heterocycles. The number of halogens is 3. The predicted molar refractivity (Wildman–Crippen MR) is 148 cm³/mol. The fourth-order valence-electron chi connectivity index (χ4n) is 4.54. The summed E-state index contributed by atoms with van der Waals surface area (Å²) in [6, 6.07) is 7.73. The monoisotopic (exact) mass is 543 g/mol. The molecule has 1 amide bonds. The fraction of sp³-hybridized carbons (Fsp3) is 0.458. The van der Waals surface area contributed by atoms with Gasteiger partial charge in [-0.3, -0.25) is 4.79 Å². The highest BCUT2D eigenvalue weighted by Crippen LogP contribution is 2.38. The van der Waals surface area contributed by atoms with Crippen LogP contribution in [0.1, 0.15) is 49.4 Å². The van der Waals surface area contributed by atoms with Crippen LogP contribution in [-0.2, 0) is 0 Å². The summed E-state index contributed by atoms with van der Waals surface area (Å²) in [7, 11) is 1.64. The summed E-state index contributed by atoms with van der Waals surface area (Å²) in [4.78, 5) is 22.2. The number of amides is 1. The lowest BCUT2D eigenvalue weighted by atomic mass is 9.73. The van der Waals surface area contributed by atoms with Gasteiger partial charge in [0.15, 0.2) is 0 Å². The van der Waals surface area contributed by atoms with E-state index in [1.807, 2.05) is 24.3 Å². The Kier molecular flexibility index (Phi) is 10.8. The molecule has 6 nitrogen and oxygen atoms in total. The molecular weight excluding hydrogens is 513 g/mol. The molecule has 0 unspecified atom stereocenters. The molecule has 3 aromatic rings. The van der Waals surface area contributed by atoms with Crippen molar-refractivity contribution >= 4 is 69.7 Å². The second-order valence-electron chi connectivity index (χ2n) is 8.43. The lowest BCUT2D eigenvalue weighted by Gasteiger charge is -2.37. The Labute approximate surface area is 222 Å². The van der Waals surface area contributed by atoms with Crippen molar-refractivity contribution in [1.82, 2.24) is 20.6 Å². The molecule has 3 N–H and O–H groups in total. The number of nitrogens with zero attached hydrogens (tertiary/aromatic N) is 2. The number of anilines is 1. The van der Waals surface area contributed by atoms with Crippen molar-refractivity contribution in [2.24, 2.45) is 5.41 Å². The van der Waals surface area contributed by atoms with Crippen LogP contribution in [0.2, 0.25) is 5.02 Å². The van der Waals surface area contributed by atoms with Gasteiger partial charge in [0.1, 0.15) is 5.69 Å². The highest BCUT2D eigenvalue weighted by atomic mass is 35.5. The topological polar surface area (TPSA) is 78.9 Å². The Bertz CT molecular complexity index is 1100. The number of piperidine rings is 1. The molecule has 4 rings (SSSR count). The van der Waals surface area contributed by atoms with Gasteiger partial charge in [-0.2, -0.15) is 0 Å². The van der Waals surface area contributed by atoms with Crippen molar-refractivity contribution in [2.45, 2.75) is 39.0 Å². The van der Waals surface area contributed by atoms with Crippen molar-refractivity contribution in [3.63, 3.8) is 0 Å². The van der Waals surface area contributed by atoms with E-state index in [1.54, 1.807) is 24.6 Å². The first kappa shape index (κ1) is 28.6. The van der Waals surface area contributed by atoms with Gasteiger partial charge in [-0.15, -0.1) is 36.2 Å². The smallest absolute Gasteiger partial charge is 0.251 e. The molecule has 10 heteroatoms.